The number of carbonyl (C=O) groups excluding carboxylic acids is 1. The quantitative estimate of drug-likeness (QED) is 0.875. The fourth-order valence-electron chi connectivity index (χ4n) is 2.14. The highest BCUT2D eigenvalue weighted by molar-refractivity contribution is 7.14. The summed E-state index contributed by atoms with van der Waals surface area (Å²) in [6.45, 7) is 3.73. The number of likely N-dealkylation sites (N-methyl/N-ethyl adjacent to an activating group) is 1. The third-order valence-electron chi connectivity index (χ3n) is 3.23. The van der Waals surface area contributed by atoms with E-state index < -0.39 is 5.97 Å². The average molecular weight is 298 g/mol. The first kappa shape index (κ1) is 14.8. The van der Waals surface area contributed by atoms with Crippen LogP contribution in [0, 0.1) is 0 Å². The van der Waals surface area contributed by atoms with Crippen LogP contribution in [0.5, 0.6) is 0 Å². The molecule has 1 aliphatic heterocycles. The molecule has 1 unspecified atom stereocenters. The monoisotopic (exact) mass is 298 g/mol. The third kappa shape index (κ3) is 3.49. The number of rotatable bonds is 5. The molecular formula is C13H18N2O4S. The molecule has 1 aromatic heterocycles. The fraction of sp³-hybridized carbons (Fsp3) is 0.538. The van der Waals surface area contributed by atoms with Gasteiger partial charge >= 0.3 is 12.0 Å². The number of thiophene rings is 1. The van der Waals surface area contributed by atoms with Gasteiger partial charge in [0.2, 0.25) is 0 Å². The molecule has 0 spiro atoms. The number of anilines is 1. The Morgan fingerprint density at radius 2 is 2.40 bits per heavy atom. The van der Waals surface area contributed by atoms with E-state index in [1.807, 2.05) is 6.92 Å². The number of ether oxygens (including phenoxy) is 1. The van der Waals surface area contributed by atoms with Gasteiger partial charge in [0.25, 0.3) is 0 Å². The second-order valence-electron chi connectivity index (χ2n) is 4.57. The zero-order chi connectivity index (χ0) is 14.5. The molecule has 7 heteroatoms. The zero-order valence-corrected chi connectivity index (χ0v) is 12.1. The molecule has 20 heavy (non-hydrogen) atoms. The van der Waals surface area contributed by atoms with E-state index >= 15 is 0 Å². The summed E-state index contributed by atoms with van der Waals surface area (Å²) in [7, 11) is 0. The Balaban J connectivity index is 1.97. The summed E-state index contributed by atoms with van der Waals surface area (Å²) in [5.74, 6) is -1.04. The van der Waals surface area contributed by atoms with E-state index in [9.17, 15) is 9.59 Å². The summed E-state index contributed by atoms with van der Waals surface area (Å²) in [5.41, 5.74) is 0.122. The van der Waals surface area contributed by atoms with Crippen LogP contribution in [-0.2, 0) is 4.74 Å². The summed E-state index contributed by atoms with van der Waals surface area (Å²) < 4.78 is 5.52. The number of carbonyl (C=O) groups is 2. The number of hydrogen-bond acceptors (Lipinski definition) is 4. The minimum atomic E-state index is -1.04. The lowest BCUT2D eigenvalue weighted by Crippen LogP contribution is -2.40. The van der Waals surface area contributed by atoms with Crippen LogP contribution in [-0.4, -0.2) is 47.8 Å². The molecule has 110 valence electrons. The first-order chi connectivity index (χ1) is 9.61. The maximum absolute atomic E-state index is 12.2. The van der Waals surface area contributed by atoms with Crippen LogP contribution in [0.4, 0.5) is 9.80 Å². The maximum atomic E-state index is 12.2. The molecule has 2 heterocycles. The molecule has 1 aromatic rings. The minimum Gasteiger partial charge on any atom is -0.478 e. The summed E-state index contributed by atoms with van der Waals surface area (Å²) >= 11 is 1.21. The van der Waals surface area contributed by atoms with E-state index in [0.29, 0.717) is 18.1 Å². The second kappa shape index (κ2) is 6.71. The number of amides is 2. The molecule has 0 radical (unpaired) electrons. The Labute approximate surface area is 121 Å². The van der Waals surface area contributed by atoms with Crippen molar-refractivity contribution in [3.8, 4) is 0 Å². The van der Waals surface area contributed by atoms with Crippen molar-refractivity contribution in [1.29, 1.82) is 0 Å². The van der Waals surface area contributed by atoms with Crippen molar-refractivity contribution in [3.05, 3.63) is 17.0 Å². The SMILES string of the molecule is CCN(CC1CCCO1)C(=O)Nc1sccc1C(=O)O. The highest BCUT2D eigenvalue weighted by atomic mass is 32.1. The van der Waals surface area contributed by atoms with E-state index in [4.69, 9.17) is 9.84 Å². The number of hydrogen-bond donors (Lipinski definition) is 2. The second-order valence-corrected chi connectivity index (χ2v) is 5.49. The molecule has 2 N–H and O–H groups in total. The molecule has 0 aliphatic carbocycles. The molecule has 0 aromatic carbocycles. The van der Waals surface area contributed by atoms with E-state index in [0.717, 1.165) is 19.4 Å². The van der Waals surface area contributed by atoms with Gasteiger partial charge in [0.05, 0.1) is 11.7 Å². The van der Waals surface area contributed by atoms with Crippen molar-refractivity contribution >= 4 is 28.3 Å². The largest absolute Gasteiger partial charge is 0.478 e. The topological polar surface area (TPSA) is 78.9 Å². The van der Waals surface area contributed by atoms with Crippen LogP contribution in [0.15, 0.2) is 11.4 Å². The lowest BCUT2D eigenvalue weighted by molar-refractivity contribution is 0.0698. The van der Waals surface area contributed by atoms with Crippen molar-refractivity contribution in [2.24, 2.45) is 0 Å². The van der Waals surface area contributed by atoms with Crippen LogP contribution < -0.4 is 5.32 Å². The lowest BCUT2D eigenvalue weighted by Gasteiger charge is -2.24. The van der Waals surface area contributed by atoms with Crippen molar-refractivity contribution in [2.75, 3.05) is 25.0 Å². The van der Waals surface area contributed by atoms with Gasteiger partial charge in [0.1, 0.15) is 5.00 Å². The number of nitrogens with one attached hydrogen (secondary N) is 1. The Morgan fingerprint density at radius 1 is 1.60 bits per heavy atom. The third-order valence-corrected chi connectivity index (χ3v) is 4.06. The highest BCUT2D eigenvalue weighted by Gasteiger charge is 2.23. The van der Waals surface area contributed by atoms with Crippen LogP contribution in [0.1, 0.15) is 30.1 Å². The summed E-state index contributed by atoms with van der Waals surface area (Å²) in [4.78, 5) is 24.8. The van der Waals surface area contributed by atoms with Gasteiger partial charge in [-0.25, -0.2) is 9.59 Å². The molecule has 1 saturated heterocycles. The summed E-state index contributed by atoms with van der Waals surface area (Å²) in [6.07, 6.45) is 2.07. The van der Waals surface area contributed by atoms with E-state index in [1.54, 1.807) is 10.3 Å². The number of urea groups is 1. The van der Waals surface area contributed by atoms with Crippen LogP contribution in [0.3, 0.4) is 0 Å². The Hall–Kier alpha value is -1.60. The Kier molecular flexibility index (Phi) is 4.97. The first-order valence-corrected chi connectivity index (χ1v) is 7.48. The van der Waals surface area contributed by atoms with Crippen molar-refractivity contribution in [1.82, 2.24) is 4.90 Å². The van der Waals surface area contributed by atoms with Gasteiger partial charge in [-0.05, 0) is 31.2 Å². The lowest BCUT2D eigenvalue weighted by atomic mass is 10.2. The van der Waals surface area contributed by atoms with Gasteiger partial charge in [0, 0.05) is 19.7 Å². The highest BCUT2D eigenvalue weighted by Crippen LogP contribution is 2.23. The average Bonchev–Trinajstić information content (AvgIpc) is 3.06. The van der Waals surface area contributed by atoms with Gasteiger partial charge in [0.15, 0.2) is 0 Å². The van der Waals surface area contributed by atoms with Gasteiger partial charge in [-0.15, -0.1) is 11.3 Å². The van der Waals surface area contributed by atoms with E-state index in [-0.39, 0.29) is 17.7 Å². The molecule has 2 rings (SSSR count). The van der Waals surface area contributed by atoms with Crippen LogP contribution in [0.2, 0.25) is 0 Å². The normalized spacial score (nSPS) is 17.9. The molecule has 1 aliphatic rings. The van der Waals surface area contributed by atoms with Gasteiger partial charge in [-0.3, -0.25) is 5.32 Å². The molecule has 0 bridgehead atoms. The first-order valence-electron chi connectivity index (χ1n) is 6.60. The summed E-state index contributed by atoms with van der Waals surface area (Å²) in [6, 6.07) is 1.20. The smallest absolute Gasteiger partial charge is 0.338 e. The molecule has 1 atom stereocenters. The maximum Gasteiger partial charge on any atom is 0.338 e. The molecule has 6 nitrogen and oxygen atoms in total. The number of carboxylic acid groups (broad SMARTS) is 1. The fourth-order valence-corrected chi connectivity index (χ4v) is 2.91. The summed E-state index contributed by atoms with van der Waals surface area (Å²) in [5, 5.41) is 13.7. The predicted molar refractivity (Wildman–Crippen MR) is 76.5 cm³/mol. The Morgan fingerprint density at radius 3 is 3.00 bits per heavy atom. The predicted octanol–water partition coefficient (Wildman–Crippen LogP) is 2.48. The van der Waals surface area contributed by atoms with Crippen molar-refractivity contribution in [3.63, 3.8) is 0 Å². The molecule has 1 fully saturated rings. The molecule has 2 amide bonds. The van der Waals surface area contributed by atoms with Crippen LogP contribution >= 0.6 is 11.3 Å². The van der Waals surface area contributed by atoms with Gasteiger partial charge in [-0.2, -0.15) is 0 Å². The Bertz CT molecular complexity index is 482. The van der Waals surface area contributed by atoms with E-state index in [1.165, 1.54) is 17.4 Å². The number of aromatic carboxylic acids is 1. The number of carboxylic acids is 1. The van der Waals surface area contributed by atoms with Crippen molar-refractivity contribution in [2.45, 2.75) is 25.9 Å². The van der Waals surface area contributed by atoms with Crippen LogP contribution in [0.25, 0.3) is 0 Å². The standard InChI is InChI=1S/C13H18N2O4S/c1-2-15(8-9-4-3-6-19-9)13(18)14-11-10(12(16)17)5-7-20-11/h5,7,9H,2-4,6,8H2,1H3,(H,14,18)(H,16,17). The van der Waals surface area contributed by atoms with E-state index in [2.05, 4.69) is 5.32 Å². The van der Waals surface area contributed by atoms with Gasteiger partial charge in [-0.1, -0.05) is 0 Å². The zero-order valence-electron chi connectivity index (χ0n) is 11.3. The van der Waals surface area contributed by atoms with Crippen molar-refractivity contribution < 1.29 is 19.4 Å². The van der Waals surface area contributed by atoms with Gasteiger partial charge < -0.3 is 14.7 Å². The molecule has 0 saturated carbocycles. The molecular weight excluding hydrogens is 280 g/mol. The minimum absolute atomic E-state index is 0.0861. The number of nitrogens with zero attached hydrogens (tertiary/aromatic N) is 1.